The second kappa shape index (κ2) is 8.88. The summed E-state index contributed by atoms with van der Waals surface area (Å²) in [5.74, 6) is -1.72. The van der Waals surface area contributed by atoms with E-state index in [1.54, 1.807) is 6.07 Å². The maximum Gasteiger partial charge on any atom is 0.355 e. The third-order valence-corrected chi connectivity index (χ3v) is 4.07. The van der Waals surface area contributed by atoms with Gasteiger partial charge in [-0.15, -0.1) is 0 Å². The maximum atomic E-state index is 12.3. The number of nitrogens with zero attached hydrogens (tertiary/aromatic N) is 1. The summed E-state index contributed by atoms with van der Waals surface area (Å²) in [5, 5.41) is 2.95. The molecule has 0 atom stereocenters. The lowest BCUT2D eigenvalue weighted by Crippen LogP contribution is -2.38. The Hall–Kier alpha value is -2.58. The summed E-state index contributed by atoms with van der Waals surface area (Å²) in [6.07, 6.45) is 0. The van der Waals surface area contributed by atoms with Crippen LogP contribution in [-0.4, -0.2) is 51.4 Å². The highest BCUT2D eigenvalue weighted by Crippen LogP contribution is 2.30. The van der Waals surface area contributed by atoms with Crippen molar-refractivity contribution in [3.8, 4) is 0 Å². The van der Waals surface area contributed by atoms with Crippen molar-refractivity contribution in [2.45, 2.75) is 19.9 Å². The molecule has 8 nitrogen and oxygen atoms in total. The number of esters is 2. The van der Waals surface area contributed by atoms with Crippen LogP contribution in [0, 0.1) is 0 Å². The Morgan fingerprint density at radius 3 is 2.41 bits per heavy atom. The topological polar surface area (TPSA) is 94.2 Å². The van der Waals surface area contributed by atoms with Gasteiger partial charge in [0.1, 0.15) is 12.4 Å². The summed E-state index contributed by atoms with van der Waals surface area (Å²) in [6.45, 7) is 3.59. The molecule has 9 heteroatoms. The van der Waals surface area contributed by atoms with Crippen molar-refractivity contribution in [3.63, 3.8) is 0 Å². The molecule has 0 aromatic heterocycles. The monoisotopic (exact) mass is 396 g/mol. The van der Waals surface area contributed by atoms with Crippen LogP contribution in [0.4, 0.5) is 5.69 Å². The summed E-state index contributed by atoms with van der Waals surface area (Å²) in [7, 11) is 2.42. The highest BCUT2D eigenvalue weighted by molar-refractivity contribution is 6.34. The Labute approximate surface area is 162 Å². The predicted molar refractivity (Wildman–Crippen MR) is 98.4 cm³/mol. The van der Waals surface area contributed by atoms with Gasteiger partial charge in [0.25, 0.3) is 5.91 Å². The number of nitrogens with one attached hydrogen (secondary N) is 1. The minimum atomic E-state index is -0.712. The summed E-state index contributed by atoms with van der Waals surface area (Å²) in [5.41, 5.74) is 0.797. The van der Waals surface area contributed by atoms with Gasteiger partial charge in [0.2, 0.25) is 0 Å². The zero-order valence-electron chi connectivity index (χ0n) is 15.5. The fraction of sp³-hybridized carbons (Fsp3) is 0.389. The molecule has 1 aromatic rings. The highest BCUT2D eigenvalue weighted by atomic mass is 35.5. The largest absolute Gasteiger partial charge is 0.466 e. The van der Waals surface area contributed by atoms with E-state index < -0.39 is 11.9 Å². The minimum Gasteiger partial charge on any atom is -0.466 e. The summed E-state index contributed by atoms with van der Waals surface area (Å²) in [6, 6.07) is 4.62. The van der Waals surface area contributed by atoms with Gasteiger partial charge in [0.05, 0.1) is 37.0 Å². The number of benzene rings is 1. The Balaban J connectivity index is 2.46. The van der Waals surface area contributed by atoms with Crippen molar-refractivity contribution in [1.82, 2.24) is 5.32 Å². The number of amides is 1. The lowest BCUT2D eigenvalue weighted by molar-refractivity contribution is -0.140. The van der Waals surface area contributed by atoms with Gasteiger partial charge < -0.3 is 24.4 Å². The zero-order valence-corrected chi connectivity index (χ0v) is 16.3. The number of anilines is 1. The van der Waals surface area contributed by atoms with Crippen LogP contribution >= 0.6 is 11.6 Å². The summed E-state index contributed by atoms with van der Waals surface area (Å²) < 4.78 is 14.9. The first-order valence-corrected chi connectivity index (χ1v) is 8.53. The van der Waals surface area contributed by atoms with E-state index in [1.165, 1.54) is 31.3 Å². The molecule has 1 heterocycles. The first kappa shape index (κ1) is 20.7. The first-order valence-electron chi connectivity index (χ1n) is 8.15. The lowest BCUT2D eigenvalue weighted by Gasteiger charge is -2.31. The molecule has 1 amide bonds. The van der Waals surface area contributed by atoms with Gasteiger partial charge in [-0.1, -0.05) is 11.6 Å². The molecule has 1 aliphatic rings. The Kier molecular flexibility index (Phi) is 6.81. The summed E-state index contributed by atoms with van der Waals surface area (Å²) >= 11 is 6.26. The van der Waals surface area contributed by atoms with Crippen molar-refractivity contribution in [1.29, 1.82) is 0 Å². The van der Waals surface area contributed by atoms with Gasteiger partial charge in [0, 0.05) is 11.7 Å². The van der Waals surface area contributed by atoms with E-state index in [2.05, 4.69) is 5.32 Å². The van der Waals surface area contributed by atoms with Crippen molar-refractivity contribution < 1.29 is 28.6 Å². The number of ether oxygens (including phenoxy) is 3. The van der Waals surface area contributed by atoms with Crippen LogP contribution in [0.15, 0.2) is 29.5 Å². The second-order valence-corrected chi connectivity index (χ2v) is 6.42. The molecule has 146 valence electrons. The number of methoxy groups -OCH3 is 2. The smallest absolute Gasteiger partial charge is 0.355 e. The fourth-order valence-electron chi connectivity index (χ4n) is 2.54. The molecule has 0 unspecified atom stereocenters. The number of rotatable bonds is 5. The van der Waals surface area contributed by atoms with Gasteiger partial charge in [-0.2, -0.15) is 0 Å². The molecule has 0 fully saturated rings. The molecule has 0 saturated carbocycles. The van der Waals surface area contributed by atoms with Crippen LogP contribution in [0.1, 0.15) is 24.2 Å². The van der Waals surface area contributed by atoms with Crippen LogP contribution in [0.5, 0.6) is 0 Å². The molecule has 0 radical (unpaired) electrons. The van der Waals surface area contributed by atoms with E-state index in [-0.39, 0.29) is 41.6 Å². The molecule has 0 aliphatic carbocycles. The van der Waals surface area contributed by atoms with Gasteiger partial charge in [-0.3, -0.25) is 4.79 Å². The lowest BCUT2D eigenvalue weighted by atomic mass is 10.1. The third kappa shape index (κ3) is 4.58. The molecular formula is C18H21ClN2O6. The van der Waals surface area contributed by atoms with E-state index in [0.717, 1.165) is 0 Å². The van der Waals surface area contributed by atoms with E-state index in [9.17, 15) is 14.4 Å². The molecule has 1 aliphatic heterocycles. The van der Waals surface area contributed by atoms with Gasteiger partial charge in [-0.05, 0) is 32.0 Å². The number of hydrogen-bond acceptors (Lipinski definition) is 7. The number of carbonyl (C=O) groups is 3. The van der Waals surface area contributed by atoms with E-state index in [4.69, 9.17) is 25.8 Å². The van der Waals surface area contributed by atoms with Crippen molar-refractivity contribution in [2.24, 2.45) is 0 Å². The zero-order chi connectivity index (χ0) is 20.1. The number of hydrogen-bond donors (Lipinski definition) is 1. The molecule has 1 aromatic carbocycles. The van der Waals surface area contributed by atoms with Crippen LogP contribution in [0.25, 0.3) is 0 Å². The predicted octanol–water partition coefficient (Wildman–Crippen LogP) is 1.87. The fourth-order valence-corrected chi connectivity index (χ4v) is 2.80. The van der Waals surface area contributed by atoms with E-state index in [1.807, 2.05) is 13.8 Å². The SMILES string of the molecule is COC(=O)C1=C(C(=O)OC)N(c2ccc(C(=O)NC(C)C)c(Cl)c2)COC1. The van der Waals surface area contributed by atoms with E-state index in [0.29, 0.717) is 11.3 Å². The Morgan fingerprint density at radius 2 is 1.85 bits per heavy atom. The Bertz CT molecular complexity index is 790. The molecule has 0 spiro atoms. The second-order valence-electron chi connectivity index (χ2n) is 6.01. The maximum absolute atomic E-state index is 12.3. The molecule has 0 bridgehead atoms. The molecule has 0 saturated heterocycles. The minimum absolute atomic E-state index is 0.00120. The van der Waals surface area contributed by atoms with Crippen LogP contribution < -0.4 is 10.2 Å². The average Bonchev–Trinajstić information content (AvgIpc) is 2.65. The number of halogens is 1. The molecule has 2 rings (SSSR count). The van der Waals surface area contributed by atoms with E-state index >= 15 is 0 Å². The normalized spacial score (nSPS) is 14.2. The highest BCUT2D eigenvalue weighted by Gasteiger charge is 2.32. The standard InChI is InChI=1S/C18H21ClN2O6/c1-10(2)20-16(22)12-6-5-11(7-14(12)19)21-9-27-8-13(17(23)25-3)15(21)18(24)26-4/h5-7,10H,8-9H2,1-4H3,(H,20,22). The van der Waals surface area contributed by atoms with Gasteiger partial charge in [0.15, 0.2) is 0 Å². The summed E-state index contributed by atoms with van der Waals surface area (Å²) in [4.78, 5) is 37.9. The molecule has 1 N–H and O–H groups in total. The first-order chi connectivity index (χ1) is 12.8. The number of carbonyl (C=O) groups excluding carboxylic acids is 3. The molecule has 27 heavy (non-hydrogen) atoms. The average molecular weight is 397 g/mol. The molecular weight excluding hydrogens is 376 g/mol. The van der Waals surface area contributed by atoms with Crippen molar-refractivity contribution in [2.75, 3.05) is 32.5 Å². The van der Waals surface area contributed by atoms with Crippen LogP contribution in [0.3, 0.4) is 0 Å². The van der Waals surface area contributed by atoms with Crippen molar-refractivity contribution >= 4 is 35.1 Å². The van der Waals surface area contributed by atoms with Gasteiger partial charge >= 0.3 is 11.9 Å². The van der Waals surface area contributed by atoms with Crippen LogP contribution in [0.2, 0.25) is 5.02 Å². The third-order valence-electron chi connectivity index (χ3n) is 3.76. The van der Waals surface area contributed by atoms with Crippen LogP contribution in [-0.2, 0) is 23.8 Å². The van der Waals surface area contributed by atoms with Gasteiger partial charge in [-0.25, -0.2) is 9.59 Å². The van der Waals surface area contributed by atoms with Crippen molar-refractivity contribution in [3.05, 3.63) is 40.1 Å². The Morgan fingerprint density at radius 1 is 1.19 bits per heavy atom. The quantitative estimate of drug-likeness (QED) is 0.759.